The normalized spacial score (nSPS) is 19.7. The lowest BCUT2D eigenvalue weighted by molar-refractivity contribution is -0.137. The Labute approximate surface area is 142 Å². The van der Waals surface area contributed by atoms with Crippen molar-refractivity contribution in [3.05, 3.63) is 42.0 Å². The van der Waals surface area contributed by atoms with Crippen LogP contribution in [0.15, 0.2) is 30.9 Å². The molecule has 0 aliphatic heterocycles. The smallest absolute Gasteiger partial charge is 0.417 e. The van der Waals surface area contributed by atoms with E-state index >= 15 is 0 Å². The highest BCUT2D eigenvalue weighted by molar-refractivity contribution is 5.43. The minimum Gasteiger partial charge on any atom is -0.508 e. The number of benzene rings is 1. The summed E-state index contributed by atoms with van der Waals surface area (Å²) in [5.41, 5.74) is -1.61. The number of phenolic OH excluding ortho intramolecular Hbond substituents is 1. The van der Waals surface area contributed by atoms with Gasteiger partial charge in [-0.3, -0.25) is 0 Å². The molecule has 0 heterocycles. The van der Waals surface area contributed by atoms with E-state index in [1.165, 1.54) is 31.8 Å². The first-order valence-corrected chi connectivity index (χ1v) is 8.03. The molecule has 2 rings (SSSR count). The zero-order valence-electron chi connectivity index (χ0n) is 14.5. The van der Waals surface area contributed by atoms with Gasteiger partial charge < -0.3 is 5.11 Å². The molecule has 5 heteroatoms. The Balaban J connectivity index is 0.000000409. The summed E-state index contributed by atoms with van der Waals surface area (Å²) in [6.45, 7) is 9.98. The van der Waals surface area contributed by atoms with Gasteiger partial charge in [-0.15, -0.1) is 6.58 Å². The van der Waals surface area contributed by atoms with Crippen molar-refractivity contribution < 1.29 is 18.3 Å². The zero-order chi connectivity index (χ0) is 18.8. The topological polar surface area (TPSA) is 44.0 Å². The summed E-state index contributed by atoms with van der Waals surface area (Å²) in [5.74, 6) is 1.53. The summed E-state index contributed by atoms with van der Waals surface area (Å²) in [6, 6.07) is 3.89. The Morgan fingerprint density at radius 1 is 1.17 bits per heavy atom. The zero-order valence-corrected chi connectivity index (χ0v) is 14.5. The van der Waals surface area contributed by atoms with E-state index in [1.807, 2.05) is 6.92 Å². The maximum atomic E-state index is 12.2. The molecule has 0 aromatic heterocycles. The standard InChI is InChI=1S/C8H4F3NO.C8H16.C3H6/c9-8(10,11)7-3-6(13)2-1-5(7)4-12;1-7-3-5-8(2)6-4-7;1-3-2/h1-3,13H;7-8H,3-6H2,1-2H3;3H,1H2,2H3. The fourth-order valence-electron chi connectivity index (χ4n) is 2.29. The highest BCUT2D eigenvalue weighted by Gasteiger charge is 2.33. The number of hydrogen-bond acceptors (Lipinski definition) is 2. The minimum atomic E-state index is -4.61. The Morgan fingerprint density at radius 2 is 1.58 bits per heavy atom. The number of hydrogen-bond donors (Lipinski definition) is 1. The molecular formula is C19H26F3NO. The number of nitriles is 1. The third kappa shape index (κ3) is 8.61. The Kier molecular flexibility index (Phi) is 9.87. The third-order valence-corrected chi connectivity index (χ3v) is 3.73. The van der Waals surface area contributed by atoms with Gasteiger partial charge in [-0.2, -0.15) is 18.4 Å². The van der Waals surface area contributed by atoms with E-state index in [9.17, 15) is 13.2 Å². The molecule has 1 aromatic rings. The molecule has 1 aliphatic carbocycles. The van der Waals surface area contributed by atoms with Crippen LogP contribution in [0.5, 0.6) is 5.75 Å². The van der Waals surface area contributed by atoms with Crippen molar-refractivity contribution in [1.82, 2.24) is 0 Å². The van der Waals surface area contributed by atoms with Crippen LogP contribution >= 0.6 is 0 Å². The first-order valence-electron chi connectivity index (χ1n) is 8.03. The second kappa shape index (κ2) is 10.7. The molecule has 2 nitrogen and oxygen atoms in total. The molecule has 0 amide bonds. The number of rotatable bonds is 0. The second-order valence-electron chi connectivity index (χ2n) is 6.11. The van der Waals surface area contributed by atoms with Crippen LogP contribution in [0.25, 0.3) is 0 Å². The van der Waals surface area contributed by atoms with Crippen molar-refractivity contribution in [3.8, 4) is 11.8 Å². The van der Waals surface area contributed by atoms with E-state index in [0.29, 0.717) is 6.07 Å². The molecule has 1 aliphatic rings. The van der Waals surface area contributed by atoms with Crippen molar-refractivity contribution in [3.63, 3.8) is 0 Å². The molecule has 134 valence electrons. The van der Waals surface area contributed by atoms with E-state index in [0.717, 1.165) is 24.0 Å². The summed E-state index contributed by atoms with van der Waals surface area (Å²) in [4.78, 5) is 0. The van der Waals surface area contributed by atoms with Crippen LogP contribution in [0.4, 0.5) is 13.2 Å². The van der Waals surface area contributed by atoms with Gasteiger partial charge >= 0.3 is 6.18 Å². The maximum Gasteiger partial charge on any atom is 0.417 e. The van der Waals surface area contributed by atoms with Gasteiger partial charge in [0.15, 0.2) is 0 Å². The fraction of sp³-hybridized carbons (Fsp3) is 0.526. The maximum absolute atomic E-state index is 12.2. The number of phenols is 1. The molecule has 0 bridgehead atoms. The van der Waals surface area contributed by atoms with Crippen LogP contribution in [0.2, 0.25) is 0 Å². The summed E-state index contributed by atoms with van der Waals surface area (Å²) >= 11 is 0. The van der Waals surface area contributed by atoms with Gasteiger partial charge in [-0.05, 0) is 37.0 Å². The van der Waals surface area contributed by atoms with Crippen molar-refractivity contribution in [1.29, 1.82) is 5.26 Å². The van der Waals surface area contributed by atoms with Gasteiger partial charge in [-0.1, -0.05) is 45.6 Å². The van der Waals surface area contributed by atoms with Crippen LogP contribution < -0.4 is 0 Å². The highest BCUT2D eigenvalue weighted by Crippen LogP contribution is 2.33. The Bertz CT molecular complexity index is 529. The number of nitrogens with zero attached hydrogens (tertiary/aromatic N) is 1. The minimum absolute atomic E-state index is 0.495. The van der Waals surface area contributed by atoms with Crippen molar-refractivity contribution in [2.45, 2.75) is 52.6 Å². The number of allylic oxidation sites excluding steroid dienone is 1. The molecular weight excluding hydrogens is 315 g/mol. The molecule has 1 aromatic carbocycles. The Morgan fingerprint density at radius 3 is 1.92 bits per heavy atom. The van der Waals surface area contributed by atoms with Crippen molar-refractivity contribution in [2.24, 2.45) is 11.8 Å². The fourth-order valence-corrected chi connectivity index (χ4v) is 2.29. The molecule has 0 radical (unpaired) electrons. The van der Waals surface area contributed by atoms with Gasteiger partial charge in [0.05, 0.1) is 17.2 Å². The average Bonchev–Trinajstić information content (AvgIpc) is 2.51. The van der Waals surface area contributed by atoms with E-state index < -0.39 is 23.1 Å². The van der Waals surface area contributed by atoms with Crippen LogP contribution in [0.3, 0.4) is 0 Å². The summed E-state index contributed by atoms with van der Waals surface area (Å²) in [5, 5.41) is 17.1. The van der Waals surface area contributed by atoms with Crippen molar-refractivity contribution >= 4 is 0 Å². The Hall–Kier alpha value is -1.96. The SMILES string of the molecule is C=CC.CC1CCC(C)CC1.N#Cc1ccc(O)cc1C(F)(F)F. The second-order valence-corrected chi connectivity index (χ2v) is 6.11. The number of aromatic hydroxyl groups is 1. The van der Waals surface area contributed by atoms with Gasteiger partial charge in [0.2, 0.25) is 0 Å². The molecule has 0 saturated heterocycles. The monoisotopic (exact) mass is 341 g/mol. The summed E-state index contributed by atoms with van der Waals surface area (Å²) in [7, 11) is 0. The van der Waals surface area contributed by atoms with E-state index in [1.54, 1.807) is 6.08 Å². The quantitative estimate of drug-likeness (QED) is 0.562. The van der Waals surface area contributed by atoms with Gasteiger partial charge in [0, 0.05) is 0 Å². The van der Waals surface area contributed by atoms with Crippen LogP contribution in [0, 0.1) is 23.2 Å². The van der Waals surface area contributed by atoms with Gasteiger partial charge in [0.25, 0.3) is 0 Å². The molecule has 24 heavy (non-hydrogen) atoms. The molecule has 0 unspecified atom stereocenters. The summed E-state index contributed by atoms with van der Waals surface area (Å²) in [6.07, 6.45) is 3.04. The lowest BCUT2D eigenvalue weighted by Gasteiger charge is -2.22. The van der Waals surface area contributed by atoms with Crippen LogP contribution in [0.1, 0.15) is 57.6 Å². The number of halogens is 3. The first kappa shape index (κ1) is 22.0. The average molecular weight is 341 g/mol. The largest absolute Gasteiger partial charge is 0.508 e. The van der Waals surface area contributed by atoms with Crippen LogP contribution in [-0.2, 0) is 6.18 Å². The van der Waals surface area contributed by atoms with E-state index in [4.69, 9.17) is 10.4 Å². The summed E-state index contributed by atoms with van der Waals surface area (Å²) < 4.78 is 36.5. The molecule has 1 saturated carbocycles. The molecule has 0 spiro atoms. The van der Waals surface area contributed by atoms with Gasteiger partial charge in [-0.25, -0.2) is 0 Å². The van der Waals surface area contributed by atoms with Gasteiger partial charge in [0.1, 0.15) is 5.75 Å². The molecule has 1 fully saturated rings. The lowest BCUT2D eigenvalue weighted by Crippen LogP contribution is -2.08. The molecule has 0 atom stereocenters. The lowest BCUT2D eigenvalue weighted by atomic mass is 9.84. The third-order valence-electron chi connectivity index (χ3n) is 3.73. The predicted octanol–water partition coefficient (Wildman–Crippen LogP) is 6.31. The highest BCUT2D eigenvalue weighted by atomic mass is 19.4. The van der Waals surface area contributed by atoms with Crippen molar-refractivity contribution in [2.75, 3.05) is 0 Å². The van der Waals surface area contributed by atoms with E-state index in [2.05, 4.69) is 20.4 Å². The van der Waals surface area contributed by atoms with E-state index in [-0.39, 0.29) is 0 Å². The molecule has 1 N–H and O–H groups in total. The van der Waals surface area contributed by atoms with Crippen LogP contribution in [-0.4, -0.2) is 5.11 Å². The predicted molar refractivity (Wildman–Crippen MR) is 90.5 cm³/mol. The number of alkyl halides is 3. The first-order chi connectivity index (χ1) is 11.1.